The van der Waals surface area contributed by atoms with Gasteiger partial charge in [-0.3, -0.25) is 0 Å². The summed E-state index contributed by atoms with van der Waals surface area (Å²) in [5.74, 6) is 0. The van der Waals surface area contributed by atoms with Gasteiger partial charge in [-0.25, -0.2) is 0 Å². The lowest BCUT2D eigenvalue weighted by Gasteiger charge is -2.27. The topological polar surface area (TPSA) is 17.1 Å². The first-order chi connectivity index (χ1) is 47.3. The van der Waals surface area contributed by atoms with Crippen molar-refractivity contribution in [3.05, 3.63) is 376 Å². The van der Waals surface area contributed by atoms with E-state index in [1.165, 1.54) is 16.7 Å². The van der Waals surface area contributed by atoms with Crippen LogP contribution in [0, 0.1) is 0 Å². The van der Waals surface area contributed by atoms with Crippen LogP contribution >= 0.6 is 0 Å². The van der Waals surface area contributed by atoms with Crippen molar-refractivity contribution in [2.24, 2.45) is 0 Å². The van der Waals surface area contributed by atoms with E-state index in [1.54, 1.807) is 0 Å². The zero-order valence-electron chi connectivity index (χ0n) is 54.0. The van der Waals surface area contributed by atoms with Crippen molar-refractivity contribution >= 4 is 95.6 Å². The lowest BCUT2D eigenvalue weighted by Crippen LogP contribution is -2.29. The molecule has 0 fully saturated rings. The molecule has 0 amide bonds. The fourth-order valence-corrected chi connectivity index (χ4v) is 14.0. The molecule has 0 saturated heterocycles. The molecule has 0 aliphatic heterocycles. The van der Waals surface area contributed by atoms with Gasteiger partial charge in [0.15, 0.2) is 0 Å². The molecule has 458 valence electrons. The third-order valence-corrected chi connectivity index (χ3v) is 18.5. The first-order valence-corrected chi connectivity index (χ1v) is 33.1. The molecule has 5 heteroatoms. The molecule has 0 radical (unpaired) electrons. The largest absolute Gasteiger partial charge is 0.311 e. The Morgan fingerprint density at radius 3 is 0.615 bits per heavy atom. The van der Waals surface area contributed by atoms with Gasteiger partial charge in [0.25, 0.3) is 0 Å². The fraction of sp³-hybridized carbons (Fsp3) is 0.0440. The summed E-state index contributed by atoms with van der Waals surface area (Å²) in [4.78, 5) is 9.38. The standard InChI is InChI=1S/C91H70N5/c1-91(2,3)69-63-84-88(67-51-59-80(60-52-67)94(74-37-20-8-21-38-74)75-39-22-9-23-40-75)86(65-47-55-78(56-48-65)92(70-29-12-4-13-30-70)71-31-14-5-15-32-71)82-45-28-46-83-87(66-49-57-79(58-50-66)93(72-33-16-6-17-34-72)73-35-18-7-19-36-73)89(85(64-69)96(84)90(82)83)68-53-61-81(62-54-68)95(76-41-24-10-25-42-76)77-43-26-11-27-44-77/h4-64H,1-3H3/q+1. The minimum Gasteiger partial charge on any atom is -0.311 e. The third kappa shape index (κ3) is 11.0. The van der Waals surface area contributed by atoms with Crippen molar-refractivity contribution in [3.8, 4) is 44.5 Å². The van der Waals surface area contributed by atoms with Gasteiger partial charge < -0.3 is 19.6 Å². The predicted molar refractivity (Wildman–Crippen MR) is 405 cm³/mol. The number of nitrogens with zero attached hydrogens (tertiary/aromatic N) is 5. The monoisotopic (exact) mass is 1230 g/mol. The van der Waals surface area contributed by atoms with E-state index in [0.29, 0.717) is 0 Å². The van der Waals surface area contributed by atoms with E-state index in [4.69, 9.17) is 0 Å². The summed E-state index contributed by atoms with van der Waals surface area (Å²) < 4.78 is 2.61. The van der Waals surface area contributed by atoms with E-state index < -0.39 is 0 Å². The van der Waals surface area contributed by atoms with E-state index >= 15 is 0 Å². The molecular weight excluding hydrogens is 1160 g/mol. The van der Waals surface area contributed by atoms with Gasteiger partial charge in [0.1, 0.15) is 0 Å². The first-order valence-electron chi connectivity index (χ1n) is 33.1. The van der Waals surface area contributed by atoms with Crippen LogP contribution in [0.2, 0.25) is 0 Å². The second-order valence-electron chi connectivity index (χ2n) is 25.5. The Morgan fingerprint density at radius 2 is 0.406 bits per heavy atom. The number of pyridine rings is 3. The molecule has 3 aromatic heterocycles. The molecule has 96 heavy (non-hydrogen) atoms. The van der Waals surface area contributed by atoms with Crippen LogP contribution in [-0.4, -0.2) is 0 Å². The quantitative estimate of drug-likeness (QED) is 0.0708. The summed E-state index contributed by atoms with van der Waals surface area (Å²) in [5, 5.41) is 2.31. The number of hydrogen-bond acceptors (Lipinski definition) is 4. The molecular formula is C91H70N5+. The summed E-state index contributed by atoms with van der Waals surface area (Å²) >= 11 is 0. The maximum atomic E-state index is 2.61. The molecule has 3 heterocycles. The molecule has 0 saturated carbocycles. The van der Waals surface area contributed by atoms with Crippen LogP contribution in [0.25, 0.3) is 71.8 Å². The zero-order chi connectivity index (χ0) is 64.5. The number of benzene rings is 13. The number of hydrogen-bond donors (Lipinski definition) is 0. The third-order valence-electron chi connectivity index (χ3n) is 18.5. The van der Waals surface area contributed by atoms with Crippen molar-refractivity contribution < 1.29 is 4.40 Å². The smallest absolute Gasteiger partial charge is 0.227 e. The van der Waals surface area contributed by atoms with Gasteiger partial charge in [0.2, 0.25) is 16.6 Å². The van der Waals surface area contributed by atoms with Crippen LogP contribution < -0.4 is 24.0 Å². The SMILES string of the molecule is CC(C)(C)c1cc2c(-c3ccc(N(c4ccccc4)c4ccccc4)cc3)c(-c3ccc(N(c4ccccc4)c4ccccc4)cc3)c3cccc4c(-c5ccc(N(c6ccccc6)c6ccccc6)cc5)c(-c5ccc(N(c6ccccc6)c6ccccc6)cc5)c(c1)[n+]2c34. The van der Waals surface area contributed by atoms with Crippen molar-refractivity contribution in [1.29, 1.82) is 0 Å². The fourth-order valence-electron chi connectivity index (χ4n) is 14.0. The van der Waals surface area contributed by atoms with Gasteiger partial charge in [-0.15, -0.1) is 0 Å². The minimum absolute atomic E-state index is 0.259. The molecule has 13 aromatic carbocycles. The maximum absolute atomic E-state index is 2.61. The maximum Gasteiger partial charge on any atom is 0.227 e. The Balaban J connectivity index is 0.986. The van der Waals surface area contributed by atoms with Gasteiger partial charge in [-0.05, 0) is 191 Å². The average Bonchev–Trinajstić information content (AvgIpc) is 0.691. The average molecular weight is 1230 g/mol. The highest BCUT2D eigenvalue weighted by Gasteiger charge is 2.34. The van der Waals surface area contributed by atoms with Crippen LogP contribution in [-0.2, 0) is 5.41 Å². The van der Waals surface area contributed by atoms with E-state index in [9.17, 15) is 0 Å². The van der Waals surface area contributed by atoms with Gasteiger partial charge in [-0.1, -0.05) is 221 Å². The Morgan fingerprint density at radius 1 is 0.208 bits per heavy atom. The van der Waals surface area contributed by atoms with Crippen LogP contribution in [0.15, 0.2) is 370 Å². The Hall–Kier alpha value is -12.3. The lowest BCUT2D eigenvalue weighted by atomic mass is 9.81. The molecule has 0 aliphatic carbocycles. The number of rotatable bonds is 16. The van der Waals surface area contributed by atoms with Crippen LogP contribution in [0.4, 0.5) is 68.2 Å². The summed E-state index contributed by atoms with van der Waals surface area (Å²) in [6.07, 6.45) is 0. The molecule has 16 rings (SSSR count). The highest BCUT2D eigenvalue weighted by atomic mass is 15.2. The molecule has 0 spiro atoms. The normalized spacial score (nSPS) is 11.5. The van der Waals surface area contributed by atoms with Crippen molar-refractivity contribution in [3.63, 3.8) is 0 Å². The van der Waals surface area contributed by atoms with Gasteiger partial charge in [-0.2, -0.15) is 4.40 Å². The van der Waals surface area contributed by atoms with Gasteiger partial charge in [0, 0.05) is 91.5 Å². The van der Waals surface area contributed by atoms with E-state index in [0.717, 1.165) is 129 Å². The molecule has 16 aromatic rings. The molecule has 0 bridgehead atoms. The molecule has 5 nitrogen and oxygen atoms in total. The zero-order valence-corrected chi connectivity index (χ0v) is 54.0. The van der Waals surface area contributed by atoms with Crippen molar-refractivity contribution in [1.82, 2.24) is 0 Å². The van der Waals surface area contributed by atoms with E-state index in [-0.39, 0.29) is 5.41 Å². The highest BCUT2D eigenvalue weighted by Crippen LogP contribution is 2.50. The number of para-hydroxylation sites is 9. The Kier molecular flexibility index (Phi) is 15.5. The first kappa shape index (κ1) is 58.8. The summed E-state index contributed by atoms with van der Waals surface area (Å²) in [6.45, 7) is 7.06. The van der Waals surface area contributed by atoms with Crippen LogP contribution in [0.3, 0.4) is 0 Å². The summed E-state index contributed by atoms with van der Waals surface area (Å²) in [7, 11) is 0. The number of aromatic nitrogens is 1. The summed E-state index contributed by atoms with van der Waals surface area (Å²) in [5.41, 5.74) is 26.5. The van der Waals surface area contributed by atoms with E-state index in [2.05, 4.69) is 415 Å². The highest BCUT2D eigenvalue weighted by molar-refractivity contribution is 6.17. The lowest BCUT2D eigenvalue weighted by molar-refractivity contribution is -0.450. The molecule has 0 atom stereocenters. The second kappa shape index (κ2) is 25.3. The van der Waals surface area contributed by atoms with Gasteiger partial charge >= 0.3 is 0 Å². The van der Waals surface area contributed by atoms with E-state index in [1.807, 2.05) is 0 Å². The molecule has 0 unspecified atom stereocenters. The van der Waals surface area contributed by atoms with Crippen LogP contribution in [0.1, 0.15) is 26.3 Å². The van der Waals surface area contributed by atoms with Crippen molar-refractivity contribution in [2.45, 2.75) is 26.2 Å². The second-order valence-corrected chi connectivity index (χ2v) is 25.5. The molecule has 0 N–H and O–H groups in total. The molecule has 0 aliphatic rings. The summed E-state index contributed by atoms with van der Waals surface area (Å²) in [6, 6.07) is 135. The van der Waals surface area contributed by atoms with Gasteiger partial charge in [0.05, 0.1) is 21.9 Å². The Bertz CT molecular complexity index is 4820. The minimum atomic E-state index is -0.259. The number of anilines is 12. The van der Waals surface area contributed by atoms with Crippen LogP contribution in [0.5, 0.6) is 0 Å². The predicted octanol–water partition coefficient (Wildman–Crippen LogP) is 25.0. The Labute approximate surface area is 562 Å². The van der Waals surface area contributed by atoms with Crippen molar-refractivity contribution in [2.75, 3.05) is 19.6 Å².